The van der Waals surface area contributed by atoms with Gasteiger partial charge in [-0.1, -0.05) is 6.92 Å². The van der Waals surface area contributed by atoms with E-state index in [4.69, 9.17) is 0 Å². The van der Waals surface area contributed by atoms with Crippen molar-refractivity contribution in [2.75, 3.05) is 13.1 Å². The van der Waals surface area contributed by atoms with Crippen molar-refractivity contribution >= 4 is 11.9 Å². The molecule has 4 saturated carbocycles. The summed E-state index contributed by atoms with van der Waals surface area (Å²) < 4.78 is 0. The van der Waals surface area contributed by atoms with E-state index in [1.54, 1.807) is 0 Å². The first-order valence-electron chi connectivity index (χ1n) is 9.43. The lowest BCUT2D eigenvalue weighted by Gasteiger charge is -2.40. The molecule has 0 radical (unpaired) electrons. The maximum Gasteiger partial charge on any atom is 0.315 e. The number of nitrogens with zero attached hydrogens (tertiary/aromatic N) is 1. The highest BCUT2D eigenvalue weighted by molar-refractivity contribution is 5.76. The Bertz CT molecular complexity index is 479. The van der Waals surface area contributed by atoms with Crippen LogP contribution in [-0.4, -0.2) is 41.5 Å². The zero-order chi connectivity index (χ0) is 16.0. The van der Waals surface area contributed by atoms with Crippen LogP contribution in [0.3, 0.4) is 0 Å². The second-order valence-electron chi connectivity index (χ2n) is 8.36. The van der Waals surface area contributed by atoms with E-state index in [2.05, 4.69) is 10.6 Å². The molecule has 23 heavy (non-hydrogen) atoms. The Morgan fingerprint density at radius 3 is 2.30 bits per heavy atom. The van der Waals surface area contributed by atoms with Crippen LogP contribution in [-0.2, 0) is 4.79 Å². The highest BCUT2D eigenvalue weighted by atomic mass is 16.2. The summed E-state index contributed by atoms with van der Waals surface area (Å²) in [7, 11) is 0. The molecule has 2 N–H and O–H groups in total. The first-order valence-corrected chi connectivity index (χ1v) is 9.43. The standard InChI is InChI=1S/C18H29N3O2/c1-2-16(22)21-5-3-15(4-6-21)19-17(23)20-18-9-12-7-13(10-18)14(8-12)11-18/h12-15H,2-11H2,1H3,(H2,19,20,23). The molecule has 0 aromatic carbocycles. The average Bonchev–Trinajstić information content (AvgIpc) is 2.93. The predicted molar refractivity (Wildman–Crippen MR) is 87.8 cm³/mol. The minimum atomic E-state index is 0.0206. The largest absolute Gasteiger partial charge is 0.343 e. The van der Waals surface area contributed by atoms with Gasteiger partial charge in [-0.15, -0.1) is 0 Å². The van der Waals surface area contributed by atoms with Gasteiger partial charge in [-0.2, -0.15) is 0 Å². The molecule has 2 atom stereocenters. The second kappa shape index (κ2) is 5.67. The second-order valence-corrected chi connectivity index (χ2v) is 8.36. The Morgan fingerprint density at radius 2 is 1.74 bits per heavy atom. The Hall–Kier alpha value is -1.26. The van der Waals surface area contributed by atoms with Crippen LogP contribution in [0.25, 0.3) is 0 Å². The van der Waals surface area contributed by atoms with E-state index in [1.807, 2.05) is 11.8 Å². The fraction of sp³-hybridized carbons (Fsp3) is 0.889. The van der Waals surface area contributed by atoms with Crippen molar-refractivity contribution in [3.05, 3.63) is 0 Å². The van der Waals surface area contributed by atoms with E-state index in [1.165, 1.54) is 32.1 Å². The Balaban J connectivity index is 1.26. The smallest absolute Gasteiger partial charge is 0.315 e. The van der Waals surface area contributed by atoms with Gasteiger partial charge in [0.2, 0.25) is 5.91 Å². The summed E-state index contributed by atoms with van der Waals surface area (Å²) in [6.07, 6.45) is 8.72. The van der Waals surface area contributed by atoms with Gasteiger partial charge in [-0.05, 0) is 62.7 Å². The number of hydrogen-bond acceptors (Lipinski definition) is 2. The molecule has 4 aliphatic carbocycles. The molecule has 1 saturated heterocycles. The molecule has 0 spiro atoms. The molecule has 128 valence electrons. The third kappa shape index (κ3) is 2.83. The van der Waals surface area contributed by atoms with Gasteiger partial charge in [-0.25, -0.2) is 4.79 Å². The maximum atomic E-state index is 12.5. The Morgan fingerprint density at radius 1 is 1.09 bits per heavy atom. The number of likely N-dealkylation sites (tertiary alicyclic amines) is 1. The number of carbonyl (C=O) groups is 2. The van der Waals surface area contributed by atoms with Crippen LogP contribution in [0.2, 0.25) is 0 Å². The molecule has 5 nitrogen and oxygen atoms in total. The van der Waals surface area contributed by atoms with Crippen molar-refractivity contribution in [3.63, 3.8) is 0 Å². The van der Waals surface area contributed by atoms with Crippen molar-refractivity contribution in [3.8, 4) is 0 Å². The van der Waals surface area contributed by atoms with Crippen LogP contribution < -0.4 is 10.6 Å². The average molecular weight is 319 g/mol. The molecule has 3 amide bonds. The van der Waals surface area contributed by atoms with Crippen molar-refractivity contribution in [2.24, 2.45) is 17.8 Å². The zero-order valence-corrected chi connectivity index (χ0v) is 14.1. The summed E-state index contributed by atoms with van der Waals surface area (Å²) in [6, 6.07) is 0.231. The lowest BCUT2D eigenvalue weighted by Crippen LogP contribution is -2.56. The summed E-state index contributed by atoms with van der Waals surface area (Å²) >= 11 is 0. The minimum absolute atomic E-state index is 0.0206. The van der Waals surface area contributed by atoms with Crippen molar-refractivity contribution in [2.45, 2.75) is 69.9 Å². The molecule has 4 bridgehead atoms. The van der Waals surface area contributed by atoms with Crippen molar-refractivity contribution in [1.82, 2.24) is 15.5 Å². The lowest BCUT2D eigenvalue weighted by atomic mass is 9.76. The van der Waals surface area contributed by atoms with E-state index in [9.17, 15) is 9.59 Å². The summed E-state index contributed by atoms with van der Waals surface area (Å²) in [5, 5.41) is 6.51. The van der Waals surface area contributed by atoms with E-state index >= 15 is 0 Å². The fourth-order valence-electron chi connectivity index (χ4n) is 5.92. The molecule has 5 heteroatoms. The van der Waals surface area contributed by atoms with Gasteiger partial charge in [0.25, 0.3) is 0 Å². The van der Waals surface area contributed by atoms with Gasteiger partial charge in [0.15, 0.2) is 0 Å². The van der Waals surface area contributed by atoms with Crippen LogP contribution >= 0.6 is 0 Å². The van der Waals surface area contributed by atoms with Gasteiger partial charge in [0.05, 0.1) is 0 Å². The number of carbonyl (C=O) groups excluding carboxylic acids is 2. The number of urea groups is 1. The first kappa shape index (κ1) is 15.3. The minimum Gasteiger partial charge on any atom is -0.343 e. The monoisotopic (exact) mass is 319 g/mol. The molecular weight excluding hydrogens is 290 g/mol. The molecular formula is C18H29N3O2. The third-order valence-corrected chi connectivity index (χ3v) is 6.79. The van der Waals surface area contributed by atoms with Crippen molar-refractivity contribution < 1.29 is 9.59 Å². The van der Waals surface area contributed by atoms with Crippen LogP contribution in [0.15, 0.2) is 0 Å². The SMILES string of the molecule is CCC(=O)N1CCC(NC(=O)NC23CC4CC(C2)C(C4)C3)CC1. The zero-order valence-electron chi connectivity index (χ0n) is 14.1. The molecule has 0 aromatic heterocycles. The summed E-state index contributed by atoms with van der Waals surface area (Å²) in [4.78, 5) is 26.1. The van der Waals surface area contributed by atoms with Crippen molar-refractivity contribution in [1.29, 1.82) is 0 Å². The lowest BCUT2D eigenvalue weighted by molar-refractivity contribution is -0.131. The number of nitrogens with one attached hydrogen (secondary N) is 2. The van der Waals surface area contributed by atoms with Gasteiger partial charge >= 0.3 is 6.03 Å². The number of hydrogen-bond donors (Lipinski definition) is 2. The third-order valence-electron chi connectivity index (χ3n) is 6.79. The van der Waals surface area contributed by atoms with Gasteiger partial charge in [-0.3, -0.25) is 4.79 Å². The van der Waals surface area contributed by atoms with Crippen LogP contribution in [0.4, 0.5) is 4.79 Å². The normalized spacial score (nSPS) is 38.8. The Labute approximate surface area is 138 Å². The van der Waals surface area contributed by atoms with E-state index < -0.39 is 0 Å². The van der Waals surface area contributed by atoms with Gasteiger partial charge in [0.1, 0.15) is 0 Å². The summed E-state index contributed by atoms with van der Waals surface area (Å²) in [6.45, 7) is 3.45. The maximum absolute atomic E-state index is 12.5. The van der Waals surface area contributed by atoms with Gasteiger partial charge < -0.3 is 15.5 Å². The van der Waals surface area contributed by atoms with Crippen LogP contribution in [0.1, 0.15) is 58.3 Å². The molecule has 5 fully saturated rings. The quantitative estimate of drug-likeness (QED) is 0.838. The molecule has 0 aromatic rings. The predicted octanol–water partition coefficient (Wildman–Crippen LogP) is 2.27. The number of piperidine rings is 1. The summed E-state index contributed by atoms with van der Waals surface area (Å²) in [5.41, 5.74) is 0.0967. The van der Waals surface area contributed by atoms with Gasteiger partial charge in [0, 0.05) is 31.1 Å². The first-order chi connectivity index (χ1) is 11.1. The molecule has 5 aliphatic rings. The van der Waals surface area contributed by atoms with Crippen LogP contribution in [0.5, 0.6) is 0 Å². The topological polar surface area (TPSA) is 61.4 Å². The number of rotatable bonds is 3. The Kier molecular flexibility index (Phi) is 3.77. The molecule has 1 heterocycles. The van der Waals surface area contributed by atoms with E-state index in [-0.39, 0.29) is 23.5 Å². The number of amides is 3. The highest BCUT2D eigenvalue weighted by Crippen LogP contribution is 2.59. The van der Waals surface area contributed by atoms with E-state index in [0.717, 1.165) is 43.7 Å². The van der Waals surface area contributed by atoms with Crippen LogP contribution in [0, 0.1) is 17.8 Å². The fourth-order valence-corrected chi connectivity index (χ4v) is 5.92. The molecule has 1 aliphatic heterocycles. The summed E-state index contributed by atoms with van der Waals surface area (Å²) in [5.74, 6) is 2.83. The molecule has 2 unspecified atom stereocenters. The molecule has 5 rings (SSSR count). The highest BCUT2D eigenvalue weighted by Gasteiger charge is 2.56. The van der Waals surface area contributed by atoms with E-state index in [0.29, 0.717) is 6.42 Å².